The Balaban J connectivity index is 1.76. The van der Waals surface area contributed by atoms with E-state index in [1.54, 1.807) is 13.1 Å². The molecule has 150 valence electrons. The fourth-order valence-corrected chi connectivity index (χ4v) is 3.46. The largest absolute Gasteiger partial charge is 0.481 e. The Morgan fingerprint density at radius 1 is 1.11 bits per heavy atom. The molecular formula is C22H27ClN2O3. The van der Waals surface area contributed by atoms with E-state index < -0.39 is 5.97 Å². The third-order valence-electron chi connectivity index (χ3n) is 4.67. The van der Waals surface area contributed by atoms with Crippen molar-refractivity contribution >= 4 is 23.4 Å². The number of carbonyl (C=O) groups is 2. The fraction of sp³-hybridized carbons (Fsp3) is 0.455. The van der Waals surface area contributed by atoms with Crippen LogP contribution >= 0.6 is 11.6 Å². The molecule has 1 atom stereocenters. The van der Waals surface area contributed by atoms with Gasteiger partial charge in [-0.15, -0.1) is 0 Å². The van der Waals surface area contributed by atoms with Crippen LogP contribution in [-0.4, -0.2) is 26.8 Å². The number of carboxylic acid groups (broad SMARTS) is 1. The van der Waals surface area contributed by atoms with Gasteiger partial charge in [0.1, 0.15) is 6.33 Å². The Hall–Kier alpha value is -2.27. The van der Waals surface area contributed by atoms with E-state index in [-0.39, 0.29) is 24.5 Å². The van der Waals surface area contributed by atoms with Crippen LogP contribution in [0.5, 0.6) is 0 Å². The minimum absolute atomic E-state index is 0.0125. The van der Waals surface area contributed by atoms with Crippen LogP contribution in [0.25, 0.3) is 0 Å². The van der Waals surface area contributed by atoms with Gasteiger partial charge in [-0.05, 0) is 49.3 Å². The summed E-state index contributed by atoms with van der Waals surface area (Å²) in [5, 5.41) is 9.63. The van der Waals surface area contributed by atoms with Gasteiger partial charge in [-0.3, -0.25) is 9.59 Å². The first-order valence-electron chi connectivity index (χ1n) is 9.74. The van der Waals surface area contributed by atoms with Gasteiger partial charge in [-0.25, -0.2) is 9.97 Å². The molecule has 1 aromatic heterocycles. The maximum atomic E-state index is 12.5. The number of hydrogen-bond acceptors (Lipinski definition) is 4. The first-order chi connectivity index (χ1) is 13.5. The summed E-state index contributed by atoms with van der Waals surface area (Å²) in [7, 11) is 0. The van der Waals surface area contributed by atoms with Crippen molar-refractivity contribution in [2.24, 2.45) is 5.92 Å². The van der Waals surface area contributed by atoms with Gasteiger partial charge in [0, 0.05) is 24.1 Å². The lowest BCUT2D eigenvalue weighted by molar-refractivity contribution is -0.137. The lowest BCUT2D eigenvalue weighted by atomic mass is 9.95. The van der Waals surface area contributed by atoms with E-state index in [4.69, 9.17) is 16.7 Å². The lowest BCUT2D eigenvalue weighted by Gasteiger charge is -2.10. The predicted octanol–water partition coefficient (Wildman–Crippen LogP) is 5.16. The Kier molecular flexibility index (Phi) is 9.08. The Morgan fingerprint density at radius 2 is 1.86 bits per heavy atom. The number of ketones is 1. The maximum absolute atomic E-state index is 12.5. The van der Waals surface area contributed by atoms with Crippen molar-refractivity contribution in [3.8, 4) is 0 Å². The van der Waals surface area contributed by atoms with Crippen LogP contribution in [0.3, 0.4) is 0 Å². The van der Waals surface area contributed by atoms with Gasteiger partial charge >= 0.3 is 5.97 Å². The highest BCUT2D eigenvalue weighted by Gasteiger charge is 2.17. The van der Waals surface area contributed by atoms with E-state index in [1.165, 1.54) is 11.9 Å². The molecule has 0 saturated heterocycles. The van der Waals surface area contributed by atoms with Crippen molar-refractivity contribution in [3.05, 3.63) is 58.6 Å². The molecule has 6 heteroatoms. The summed E-state index contributed by atoms with van der Waals surface area (Å²) < 4.78 is 0. The number of carboxylic acids is 1. The summed E-state index contributed by atoms with van der Waals surface area (Å²) in [6.07, 6.45) is 9.18. The van der Waals surface area contributed by atoms with Crippen LogP contribution in [0.2, 0.25) is 5.02 Å². The number of unbranched alkanes of at least 4 members (excludes halogenated alkanes) is 3. The lowest BCUT2D eigenvalue weighted by Crippen LogP contribution is -2.13. The van der Waals surface area contributed by atoms with Gasteiger partial charge in [0.15, 0.2) is 5.78 Å². The SMILES string of the molecule is C[C@H](CC(=O)O)CC(=O)c1cncnc1CCCCCCc1cccc(Cl)c1. The summed E-state index contributed by atoms with van der Waals surface area (Å²) in [5.41, 5.74) is 2.54. The fourth-order valence-electron chi connectivity index (χ4n) is 3.25. The predicted molar refractivity (Wildman–Crippen MR) is 110 cm³/mol. The summed E-state index contributed by atoms with van der Waals surface area (Å²) in [5.74, 6) is -1.17. The molecular weight excluding hydrogens is 376 g/mol. The van der Waals surface area contributed by atoms with Crippen LogP contribution in [0, 0.1) is 5.92 Å². The first-order valence-corrected chi connectivity index (χ1v) is 10.1. The van der Waals surface area contributed by atoms with Crippen LogP contribution in [0.15, 0.2) is 36.8 Å². The number of aryl methyl sites for hydroxylation is 2. The molecule has 0 bridgehead atoms. The molecule has 0 amide bonds. The second kappa shape index (κ2) is 11.5. The molecule has 28 heavy (non-hydrogen) atoms. The van der Waals surface area contributed by atoms with E-state index in [2.05, 4.69) is 16.0 Å². The van der Waals surface area contributed by atoms with Gasteiger partial charge in [0.2, 0.25) is 0 Å². The van der Waals surface area contributed by atoms with Crippen LogP contribution in [0.4, 0.5) is 0 Å². The number of rotatable bonds is 12. The molecule has 1 N–H and O–H groups in total. The number of Topliss-reactive ketones (excluding diaryl/α,β-unsaturated/α-hetero) is 1. The van der Waals surface area contributed by atoms with E-state index >= 15 is 0 Å². The summed E-state index contributed by atoms with van der Waals surface area (Å²) in [6, 6.07) is 7.96. The standard InChI is InChI=1S/C22H27ClN2O3/c1-16(12-22(27)28)11-21(26)19-14-24-15-25-20(19)10-5-3-2-4-7-17-8-6-9-18(23)13-17/h6,8-9,13-16H,2-5,7,10-12H2,1H3,(H,27,28)/t16-/m0/s1. The topological polar surface area (TPSA) is 80.1 Å². The van der Waals surface area contributed by atoms with Crippen LogP contribution in [0.1, 0.15) is 67.1 Å². The summed E-state index contributed by atoms with van der Waals surface area (Å²) in [4.78, 5) is 31.5. The number of halogens is 1. The Labute approximate surface area is 171 Å². The normalized spacial score (nSPS) is 11.9. The van der Waals surface area contributed by atoms with Gasteiger partial charge in [-0.2, -0.15) is 0 Å². The smallest absolute Gasteiger partial charge is 0.303 e. The summed E-state index contributed by atoms with van der Waals surface area (Å²) in [6.45, 7) is 1.77. The number of aromatic nitrogens is 2. The molecule has 1 heterocycles. The second-order valence-electron chi connectivity index (χ2n) is 7.26. The quantitative estimate of drug-likeness (QED) is 0.391. The van der Waals surface area contributed by atoms with Crippen molar-refractivity contribution in [2.45, 2.75) is 58.3 Å². The zero-order chi connectivity index (χ0) is 20.4. The highest BCUT2D eigenvalue weighted by Crippen LogP contribution is 2.17. The van der Waals surface area contributed by atoms with Crippen molar-refractivity contribution < 1.29 is 14.7 Å². The molecule has 0 aliphatic carbocycles. The maximum Gasteiger partial charge on any atom is 0.303 e. The van der Waals surface area contributed by atoms with E-state index in [9.17, 15) is 9.59 Å². The third kappa shape index (κ3) is 7.77. The minimum Gasteiger partial charge on any atom is -0.481 e. The number of benzene rings is 1. The van der Waals surface area contributed by atoms with Crippen LogP contribution in [-0.2, 0) is 17.6 Å². The Morgan fingerprint density at radius 3 is 2.57 bits per heavy atom. The van der Waals surface area contributed by atoms with Gasteiger partial charge < -0.3 is 5.11 Å². The van der Waals surface area contributed by atoms with Crippen molar-refractivity contribution in [2.75, 3.05) is 0 Å². The number of nitrogens with zero attached hydrogens (tertiary/aromatic N) is 2. The average molecular weight is 403 g/mol. The number of carbonyl (C=O) groups excluding carboxylic acids is 1. The highest BCUT2D eigenvalue weighted by molar-refractivity contribution is 6.30. The van der Waals surface area contributed by atoms with Gasteiger partial charge in [0.05, 0.1) is 11.3 Å². The van der Waals surface area contributed by atoms with Crippen molar-refractivity contribution in [3.63, 3.8) is 0 Å². The zero-order valence-electron chi connectivity index (χ0n) is 16.2. The van der Waals surface area contributed by atoms with Crippen LogP contribution < -0.4 is 0 Å². The molecule has 2 rings (SSSR count). The highest BCUT2D eigenvalue weighted by atomic mass is 35.5. The average Bonchev–Trinajstić information content (AvgIpc) is 2.64. The van der Waals surface area contributed by atoms with Crippen molar-refractivity contribution in [1.82, 2.24) is 9.97 Å². The molecule has 0 spiro atoms. The van der Waals surface area contributed by atoms with Gasteiger partial charge in [0.25, 0.3) is 0 Å². The first kappa shape index (κ1) is 22.0. The molecule has 1 aromatic carbocycles. The Bertz CT molecular complexity index is 795. The van der Waals surface area contributed by atoms with E-state index in [0.717, 1.165) is 49.2 Å². The second-order valence-corrected chi connectivity index (χ2v) is 7.69. The molecule has 0 aliphatic rings. The third-order valence-corrected chi connectivity index (χ3v) is 4.91. The van der Waals surface area contributed by atoms with Gasteiger partial charge in [-0.1, -0.05) is 43.5 Å². The zero-order valence-corrected chi connectivity index (χ0v) is 17.0. The van der Waals surface area contributed by atoms with E-state index in [0.29, 0.717) is 5.56 Å². The molecule has 0 radical (unpaired) electrons. The molecule has 0 saturated carbocycles. The molecule has 2 aromatic rings. The van der Waals surface area contributed by atoms with E-state index in [1.807, 2.05) is 18.2 Å². The van der Waals surface area contributed by atoms with Crippen molar-refractivity contribution in [1.29, 1.82) is 0 Å². The molecule has 0 aliphatic heterocycles. The summed E-state index contributed by atoms with van der Waals surface area (Å²) >= 11 is 6.00. The monoisotopic (exact) mass is 402 g/mol. The number of hydrogen-bond donors (Lipinski definition) is 1. The minimum atomic E-state index is -0.886. The molecule has 5 nitrogen and oxygen atoms in total. The number of aliphatic carboxylic acids is 1. The molecule has 0 fully saturated rings. The molecule has 0 unspecified atom stereocenters.